The molecule has 148 valence electrons. The molecular formula is C24H28O4. The first kappa shape index (κ1) is 20.1. The highest BCUT2D eigenvalue weighted by atomic mass is 16.6. The zero-order chi connectivity index (χ0) is 20.1. The van der Waals surface area contributed by atoms with E-state index in [2.05, 4.69) is 32.0 Å². The first-order valence-electron chi connectivity index (χ1n) is 9.94. The number of rotatable bonds is 7. The Kier molecular flexibility index (Phi) is 6.50. The Morgan fingerprint density at radius 2 is 1.89 bits per heavy atom. The Bertz CT molecular complexity index is 883. The van der Waals surface area contributed by atoms with E-state index in [-0.39, 0.29) is 12.6 Å². The topological polar surface area (TPSA) is 52.6 Å². The molecular weight excluding hydrogens is 352 g/mol. The summed E-state index contributed by atoms with van der Waals surface area (Å²) >= 11 is 0. The third-order valence-electron chi connectivity index (χ3n) is 5.50. The molecule has 4 nitrogen and oxygen atoms in total. The minimum absolute atomic E-state index is 0.102. The highest BCUT2D eigenvalue weighted by Gasteiger charge is 2.24. The predicted octanol–water partition coefficient (Wildman–Crippen LogP) is 4.53. The van der Waals surface area contributed by atoms with E-state index in [1.807, 2.05) is 6.07 Å². The second-order valence-corrected chi connectivity index (χ2v) is 7.42. The minimum Gasteiger partial charge on any atom is -0.481 e. The molecule has 0 unspecified atom stereocenters. The summed E-state index contributed by atoms with van der Waals surface area (Å²) in [4.78, 5) is 22.7. The Labute approximate surface area is 166 Å². The SMILES string of the molecule is COC(=O)COc1c2c(cc(C)c1-c1c(C)cccc1CCC=O)CCCC2. The van der Waals surface area contributed by atoms with Crippen LogP contribution in [0.1, 0.15) is 47.1 Å². The largest absolute Gasteiger partial charge is 0.481 e. The van der Waals surface area contributed by atoms with Gasteiger partial charge in [0.05, 0.1) is 7.11 Å². The van der Waals surface area contributed by atoms with Crippen LogP contribution >= 0.6 is 0 Å². The smallest absolute Gasteiger partial charge is 0.343 e. The first-order chi connectivity index (χ1) is 13.6. The fourth-order valence-electron chi connectivity index (χ4n) is 4.18. The number of ether oxygens (including phenoxy) is 2. The molecule has 0 saturated heterocycles. The molecule has 4 heteroatoms. The van der Waals surface area contributed by atoms with Gasteiger partial charge in [-0.3, -0.25) is 0 Å². The van der Waals surface area contributed by atoms with Gasteiger partial charge in [-0.15, -0.1) is 0 Å². The molecule has 0 bridgehead atoms. The molecule has 0 saturated carbocycles. The van der Waals surface area contributed by atoms with Crippen LogP contribution < -0.4 is 4.74 Å². The van der Waals surface area contributed by atoms with E-state index in [0.717, 1.165) is 59.1 Å². The normalized spacial score (nSPS) is 13.0. The molecule has 2 aromatic rings. The van der Waals surface area contributed by atoms with Gasteiger partial charge >= 0.3 is 5.97 Å². The van der Waals surface area contributed by atoms with Crippen molar-refractivity contribution in [3.63, 3.8) is 0 Å². The third-order valence-corrected chi connectivity index (χ3v) is 5.50. The maximum Gasteiger partial charge on any atom is 0.343 e. The second-order valence-electron chi connectivity index (χ2n) is 7.42. The van der Waals surface area contributed by atoms with Crippen LogP contribution in [0.3, 0.4) is 0 Å². The Morgan fingerprint density at radius 3 is 2.64 bits per heavy atom. The molecule has 0 fully saturated rings. The van der Waals surface area contributed by atoms with Gasteiger partial charge in [0.25, 0.3) is 0 Å². The van der Waals surface area contributed by atoms with Crippen molar-refractivity contribution in [3.05, 3.63) is 52.1 Å². The second kappa shape index (κ2) is 9.05. The van der Waals surface area contributed by atoms with E-state index in [0.29, 0.717) is 12.8 Å². The maximum atomic E-state index is 11.8. The van der Waals surface area contributed by atoms with Crippen molar-refractivity contribution < 1.29 is 19.1 Å². The van der Waals surface area contributed by atoms with Gasteiger partial charge in [0.2, 0.25) is 0 Å². The van der Waals surface area contributed by atoms with Gasteiger partial charge in [0.1, 0.15) is 12.0 Å². The van der Waals surface area contributed by atoms with Crippen LogP contribution in [-0.4, -0.2) is 26.0 Å². The van der Waals surface area contributed by atoms with Crippen LogP contribution in [0.2, 0.25) is 0 Å². The zero-order valence-corrected chi connectivity index (χ0v) is 17.0. The number of methoxy groups -OCH3 is 1. The Morgan fingerprint density at radius 1 is 1.11 bits per heavy atom. The van der Waals surface area contributed by atoms with Gasteiger partial charge in [-0.05, 0) is 79.3 Å². The van der Waals surface area contributed by atoms with Crippen molar-refractivity contribution in [3.8, 4) is 16.9 Å². The van der Waals surface area contributed by atoms with Gasteiger partial charge in [-0.2, -0.15) is 0 Å². The third kappa shape index (κ3) is 4.11. The Balaban J connectivity index is 2.20. The maximum absolute atomic E-state index is 11.8. The monoisotopic (exact) mass is 380 g/mol. The minimum atomic E-state index is -0.386. The summed E-state index contributed by atoms with van der Waals surface area (Å²) in [5, 5.41) is 0. The van der Waals surface area contributed by atoms with Crippen LogP contribution in [0.5, 0.6) is 5.75 Å². The van der Waals surface area contributed by atoms with E-state index in [9.17, 15) is 9.59 Å². The highest BCUT2D eigenvalue weighted by Crippen LogP contribution is 2.43. The van der Waals surface area contributed by atoms with Gasteiger partial charge < -0.3 is 14.3 Å². The predicted molar refractivity (Wildman–Crippen MR) is 110 cm³/mol. The lowest BCUT2D eigenvalue weighted by molar-refractivity contribution is -0.142. The fraction of sp³-hybridized carbons (Fsp3) is 0.417. The van der Waals surface area contributed by atoms with E-state index in [1.165, 1.54) is 24.7 Å². The van der Waals surface area contributed by atoms with E-state index in [4.69, 9.17) is 9.47 Å². The molecule has 2 aromatic carbocycles. The van der Waals surface area contributed by atoms with Crippen molar-refractivity contribution in [2.24, 2.45) is 0 Å². The van der Waals surface area contributed by atoms with Crippen LogP contribution in [-0.2, 0) is 33.6 Å². The Hall–Kier alpha value is -2.62. The number of aryl methyl sites for hydroxylation is 4. The molecule has 1 aliphatic rings. The summed E-state index contributed by atoms with van der Waals surface area (Å²) in [5.41, 5.74) is 8.11. The molecule has 0 heterocycles. The van der Waals surface area contributed by atoms with Crippen LogP contribution in [0, 0.1) is 13.8 Å². The molecule has 0 spiro atoms. The first-order valence-corrected chi connectivity index (χ1v) is 9.94. The number of hydrogen-bond donors (Lipinski definition) is 0. The van der Waals surface area contributed by atoms with Crippen molar-refractivity contribution >= 4 is 12.3 Å². The van der Waals surface area contributed by atoms with Crippen molar-refractivity contribution in [1.29, 1.82) is 0 Å². The standard InChI is InChI=1S/C24H28O4/c1-16-8-6-10-18(11-7-13-25)22(16)23-17(2)14-19-9-4-5-12-20(19)24(23)28-15-21(26)27-3/h6,8,10,13-14H,4-5,7,9,11-12,15H2,1-3H3. The number of carbonyl (C=O) groups excluding carboxylic acids is 2. The summed E-state index contributed by atoms with van der Waals surface area (Å²) in [6, 6.07) is 8.46. The van der Waals surface area contributed by atoms with Crippen molar-refractivity contribution in [1.82, 2.24) is 0 Å². The van der Waals surface area contributed by atoms with Crippen molar-refractivity contribution in [2.75, 3.05) is 13.7 Å². The summed E-state index contributed by atoms with van der Waals surface area (Å²) in [5.74, 6) is 0.421. The number of carbonyl (C=O) groups is 2. The molecule has 1 aliphatic carbocycles. The van der Waals surface area contributed by atoms with Gasteiger partial charge in [-0.1, -0.05) is 24.3 Å². The number of esters is 1. The molecule has 0 atom stereocenters. The van der Waals surface area contributed by atoms with E-state index in [1.54, 1.807) is 0 Å². The summed E-state index contributed by atoms with van der Waals surface area (Å²) in [6.07, 6.45) is 6.42. The van der Waals surface area contributed by atoms with Gasteiger partial charge in [0, 0.05) is 12.0 Å². The lowest BCUT2D eigenvalue weighted by Gasteiger charge is -2.26. The summed E-state index contributed by atoms with van der Waals surface area (Å²) < 4.78 is 10.9. The molecule has 0 N–H and O–H groups in total. The quantitative estimate of drug-likeness (QED) is 0.523. The molecule has 28 heavy (non-hydrogen) atoms. The summed E-state index contributed by atoms with van der Waals surface area (Å²) in [6.45, 7) is 4.09. The van der Waals surface area contributed by atoms with Gasteiger partial charge in [-0.25, -0.2) is 4.79 Å². The number of benzene rings is 2. The summed E-state index contributed by atoms with van der Waals surface area (Å²) in [7, 11) is 1.37. The van der Waals surface area contributed by atoms with Crippen LogP contribution in [0.25, 0.3) is 11.1 Å². The fourth-order valence-corrected chi connectivity index (χ4v) is 4.18. The van der Waals surface area contributed by atoms with E-state index < -0.39 is 0 Å². The average Bonchev–Trinajstić information content (AvgIpc) is 2.70. The number of hydrogen-bond acceptors (Lipinski definition) is 4. The van der Waals surface area contributed by atoms with Crippen molar-refractivity contribution in [2.45, 2.75) is 52.4 Å². The number of aldehydes is 1. The highest BCUT2D eigenvalue weighted by molar-refractivity contribution is 5.82. The molecule has 0 amide bonds. The molecule has 0 radical (unpaired) electrons. The zero-order valence-electron chi connectivity index (χ0n) is 17.0. The number of fused-ring (bicyclic) bond motifs is 1. The van der Waals surface area contributed by atoms with E-state index >= 15 is 0 Å². The van der Waals surface area contributed by atoms with Gasteiger partial charge in [0.15, 0.2) is 6.61 Å². The van der Waals surface area contributed by atoms with Crippen LogP contribution in [0.4, 0.5) is 0 Å². The lowest BCUT2D eigenvalue weighted by Crippen LogP contribution is -2.16. The molecule has 0 aromatic heterocycles. The van der Waals surface area contributed by atoms with Crippen LogP contribution in [0.15, 0.2) is 24.3 Å². The molecule has 3 rings (SSSR count). The lowest BCUT2D eigenvalue weighted by atomic mass is 9.83. The molecule has 0 aliphatic heterocycles. The average molecular weight is 380 g/mol.